The SMILES string of the molecule is COc1ccc(N2C[C@@H](C)n3c(c(CCCOc4cc(C)c(Cl)c(C)c4)c4ccc(Cl)c(-c5c(C)nn(C)c5C)c43)C2=O)c2c1ccn2Cc1cccc(C)n1. The quantitative estimate of drug-likeness (QED) is 0.129. The second kappa shape index (κ2) is 14.7. The monoisotopic (exact) mass is 788 g/mol. The van der Waals surface area contributed by atoms with Crippen LogP contribution >= 0.6 is 23.2 Å². The highest BCUT2D eigenvalue weighted by molar-refractivity contribution is 6.35. The van der Waals surface area contributed by atoms with Crippen molar-refractivity contribution in [3.05, 3.63) is 122 Å². The summed E-state index contributed by atoms with van der Waals surface area (Å²) in [5.74, 6) is 1.47. The summed E-state index contributed by atoms with van der Waals surface area (Å²) in [7, 11) is 3.63. The molecule has 11 heteroatoms. The Kier molecular flexibility index (Phi) is 9.87. The molecular formula is C45H46Cl2N6O3. The lowest BCUT2D eigenvalue weighted by Crippen LogP contribution is -2.43. The zero-order valence-corrected chi connectivity index (χ0v) is 34.6. The summed E-state index contributed by atoms with van der Waals surface area (Å²) < 4.78 is 18.4. The normalized spacial score (nSPS) is 14.3. The zero-order chi connectivity index (χ0) is 39.6. The van der Waals surface area contributed by atoms with Gasteiger partial charge < -0.3 is 23.5 Å². The highest BCUT2D eigenvalue weighted by atomic mass is 35.5. The molecule has 5 heterocycles. The van der Waals surface area contributed by atoms with E-state index in [1.165, 1.54) is 0 Å². The van der Waals surface area contributed by atoms with Crippen molar-refractivity contribution in [3.8, 4) is 22.6 Å². The Morgan fingerprint density at radius 1 is 0.911 bits per heavy atom. The number of aromatic nitrogens is 5. The van der Waals surface area contributed by atoms with Gasteiger partial charge >= 0.3 is 0 Å². The topological polar surface area (TPSA) is 79.3 Å². The fraction of sp³-hybridized carbons (Fsp3) is 0.311. The van der Waals surface area contributed by atoms with Crippen molar-refractivity contribution in [2.45, 2.75) is 67.0 Å². The van der Waals surface area contributed by atoms with E-state index in [0.717, 1.165) is 94.6 Å². The van der Waals surface area contributed by atoms with Gasteiger partial charge in [-0.1, -0.05) is 35.3 Å². The summed E-state index contributed by atoms with van der Waals surface area (Å²) >= 11 is 13.6. The first-order chi connectivity index (χ1) is 26.9. The van der Waals surface area contributed by atoms with Crippen molar-refractivity contribution >= 4 is 56.6 Å². The summed E-state index contributed by atoms with van der Waals surface area (Å²) in [6.07, 6.45) is 3.37. The third-order valence-corrected chi connectivity index (χ3v) is 12.1. The lowest BCUT2D eigenvalue weighted by atomic mass is 9.98. The number of anilines is 1. The second-order valence-electron chi connectivity index (χ2n) is 15.0. The highest BCUT2D eigenvalue weighted by Crippen LogP contribution is 2.46. The number of benzene rings is 3. The molecule has 0 spiro atoms. The summed E-state index contributed by atoms with van der Waals surface area (Å²) in [5.41, 5.74) is 12.0. The molecule has 0 unspecified atom stereocenters. The molecule has 0 aliphatic carbocycles. The zero-order valence-electron chi connectivity index (χ0n) is 33.1. The number of aryl methyl sites for hydroxylation is 6. The van der Waals surface area contributed by atoms with Gasteiger partial charge in [-0.2, -0.15) is 5.10 Å². The van der Waals surface area contributed by atoms with Gasteiger partial charge in [0.05, 0.1) is 53.4 Å². The minimum Gasteiger partial charge on any atom is -0.496 e. The van der Waals surface area contributed by atoms with Gasteiger partial charge in [0.25, 0.3) is 5.91 Å². The van der Waals surface area contributed by atoms with Crippen LogP contribution in [0, 0.1) is 34.6 Å². The Morgan fingerprint density at radius 3 is 2.38 bits per heavy atom. The van der Waals surface area contributed by atoms with Gasteiger partial charge in [0.15, 0.2) is 0 Å². The number of carbonyl (C=O) groups is 1. The lowest BCUT2D eigenvalue weighted by Gasteiger charge is -2.35. The van der Waals surface area contributed by atoms with Gasteiger partial charge in [0.1, 0.15) is 17.2 Å². The number of hydrogen-bond donors (Lipinski definition) is 0. The highest BCUT2D eigenvalue weighted by Gasteiger charge is 2.38. The molecule has 1 atom stereocenters. The van der Waals surface area contributed by atoms with Gasteiger partial charge in [-0.05, 0) is 120 Å². The number of carbonyl (C=O) groups excluding carboxylic acids is 1. The number of ether oxygens (including phenoxy) is 2. The first-order valence-electron chi connectivity index (χ1n) is 19.0. The Morgan fingerprint density at radius 2 is 1.68 bits per heavy atom. The first kappa shape index (κ1) is 37.7. The van der Waals surface area contributed by atoms with Gasteiger partial charge in [0.2, 0.25) is 0 Å². The van der Waals surface area contributed by atoms with E-state index >= 15 is 4.79 Å². The van der Waals surface area contributed by atoms with E-state index in [1.807, 2.05) is 92.9 Å². The lowest BCUT2D eigenvalue weighted by molar-refractivity contribution is 0.0957. The number of fused-ring (bicyclic) bond motifs is 4. The van der Waals surface area contributed by atoms with E-state index in [4.69, 9.17) is 42.8 Å². The van der Waals surface area contributed by atoms with E-state index in [0.29, 0.717) is 43.3 Å². The largest absolute Gasteiger partial charge is 0.496 e. The molecule has 0 saturated carbocycles. The number of rotatable bonds is 10. The van der Waals surface area contributed by atoms with Crippen LogP contribution in [0.5, 0.6) is 11.5 Å². The Labute approximate surface area is 337 Å². The van der Waals surface area contributed by atoms with Crippen molar-refractivity contribution < 1.29 is 14.3 Å². The summed E-state index contributed by atoms with van der Waals surface area (Å²) in [4.78, 5) is 22.1. The van der Waals surface area contributed by atoms with E-state index < -0.39 is 0 Å². The molecule has 4 aromatic heterocycles. The third-order valence-electron chi connectivity index (χ3n) is 11.2. The van der Waals surface area contributed by atoms with E-state index in [9.17, 15) is 0 Å². The molecule has 0 fully saturated rings. The molecule has 0 saturated heterocycles. The fourth-order valence-corrected chi connectivity index (χ4v) is 8.96. The number of halogens is 2. The molecule has 7 aromatic rings. The first-order valence-corrected chi connectivity index (χ1v) is 19.8. The van der Waals surface area contributed by atoms with Crippen LogP contribution < -0.4 is 14.4 Å². The maximum absolute atomic E-state index is 15.4. The molecule has 0 bridgehead atoms. The van der Waals surface area contributed by atoms with Crippen LogP contribution in [0.2, 0.25) is 10.0 Å². The Bertz CT molecular complexity index is 2670. The molecule has 3 aromatic carbocycles. The molecule has 1 aliphatic rings. The van der Waals surface area contributed by atoms with Crippen molar-refractivity contribution in [2.75, 3.05) is 25.2 Å². The molecule has 1 aliphatic heterocycles. The Balaban J connectivity index is 1.27. The van der Waals surface area contributed by atoms with Gasteiger partial charge in [-0.15, -0.1) is 0 Å². The van der Waals surface area contributed by atoms with Crippen LogP contribution in [0.25, 0.3) is 32.9 Å². The molecule has 9 nitrogen and oxygen atoms in total. The molecule has 0 N–H and O–H groups in total. The maximum Gasteiger partial charge on any atom is 0.275 e. The van der Waals surface area contributed by atoms with Crippen LogP contribution in [0.15, 0.2) is 66.9 Å². The van der Waals surface area contributed by atoms with Crippen LogP contribution in [0.4, 0.5) is 5.69 Å². The molecule has 0 radical (unpaired) electrons. The molecular weight excluding hydrogens is 743 g/mol. The van der Waals surface area contributed by atoms with Gasteiger partial charge in [0, 0.05) is 64.1 Å². The smallest absolute Gasteiger partial charge is 0.275 e. The minimum absolute atomic E-state index is 0.0613. The van der Waals surface area contributed by atoms with E-state index in [1.54, 1.807) is 7.11 Å². The van der Waals surface area contributed by atoms with Crippen molar-refractivity contribution in [1.29, 1.82) is 0 Å². The van der Waals surface area contributed by atoms with Gasteiger partial charge in [-0.3, -0.25) is 14.5 Å². The van der Waals surface area contributed by atoms with E-state index in [-0.39, 0.29) is 11.9 Å². The Hall–Kier alpha value is -5.25. The third kappa shape index (κ3) is 6.31. The summed E-state index contributed by atoms with van der Waals surface area (Å²) in [6, 6.07) is 20.0. The fourth-order valence-electron chi connectivity index (χ4n) is 8.61. The number of pyridine rings is 1. The number of amides is 1. The van der Waals surface area contributed by atoms with Crippen LogP contribution in [-0.4, -0.2) is 50.1 Å². The van der Waals surface area contributed by atoms with Crippen LogP contribution in [-0.2, 0) is 20.0 Å². The molecule has 8 rings (SSSR count). The van der Waals surface area contributed by atoms with Gasteiger partial charge in [-0.25, -0.2) is 0 Å². The molecule has 288 valence electrons. The predicted octanol–water partition coefficient (Wildman–Crippen LogP) is 10.5. The minimum atomic E-state index is -0.0938. The average Bonchev–Trinajstić information content (AvgIpc) is 3.81. The van der Waals surface area contributed by atoms with Crippen LogP contribution in [0.3, 0.4) is 0 Å². The van der Waals surface area contributed by atoms with Crippen molar-refractivity contribution in [3.63, 3.8) is 0 Å². The van der Waals surface area contributed by atoms with Crippen LogP contribution in [0.1, 0.15) is 69.3 Å². The van der Waals surface area contributed by atoms with Crippen molar-refractivity contribution in [1.82, 2.24) is 23.9 Å². The molecule has 56 heavy (non-hydrogen) atoms. The summed E-state index contributed by atoms with van der Waals surface area (Å²) in [6.45, 7) is 13.7. The molecule has 1 amide bonds. The predicted molar refractivity (Wildman–Crippen MR) is 226 cm³/mol. The number of methoxy groups -OCH3 is 1. The second-order valence-corrected chi connectivity index (χ2v) is 15.8. The number of hydrogen-bond acceptors (Lipinski definition) is 5. The number of nitrogens with zero attached hydrogens (tertiary/aromatic N) is 6. The average molecular weight is 790 g/mol. The van der Waals surface area contributed by atoms with E-state index in [2.05, 4.69) is 41.3 Å². The summed E-state index contributed by atoms with van der Waals surface area (Å²) in [5, 5.41) is 8.09. The standard InChI is InChI=1S/C45H46Cl2N6O3/c1-25-21-32(22-26(2)41(25)47)56-20-10-13-33-34-14-15-36(46)40(39-29(5)49-50(7)30(39)6)43(34)53-28(4)23-52(45(54)44(33)53)37-16-17-38(55-8)35-18-19-51(42(35)37)24-31-12-9-11-27(3)48-31/h9,11-12,14-19,21-22,28H,10,13,20,23-24H2,1-8H3/t28-/m1/s1. The van der Waals surface area contributed by atoms with Crippen molar-refractivity contribution in [2.24, 2.45) is 7.05 Å². The maximum atomic E-state index is 15.4.